The van der Waals surface area contributed by atoms with Crippen molar-refractivity contribution in [3.05, 3.63) is 71.8 Å². The van der Waals surface area contributed by atoms with E-state index in [2.05, 4.69) is 15.9 Å². The molecule has 1 aliphatic heterocycles. The highest BCUT2D eigenvalue weighted by atomic mass is 79.9. The zero-order valence-electron chi connectivity index (χ0n) is 23.9. The smallest absolute Gasteiger partial charge is 0.475 e. The number of nitrogens with two attached hydrogens (primary N) is 2. The zero-order valence-corrected chi connectivity index (χ0v) is 25.4. The van der Waals surface area contributed by atoms with Crippen molar-refractivity contribution >= 4 is 56.6 Å². The number of Topliss-reactive ketones (excluding diaryl/α,β-unsaturated/α-hetero) is 1. The van der Waals surface area contributed by atoms with Crippen LogP contribution in [-0.2, 0) is 24.0 Å². The summed E-state index contributed by atoms with van der Waals surface area (Å²) in [6.07, 6.45) is -3.68. The number of fused-ring (bicyclic) bond motifs is 5. The second-order valence-corrected chi connectivity index (χ2v) is 12.6. The number of imide groups is 1. The van der Waals surface area contributed by atoms with Crippen LogP contribution in [0.25, 0.3) is 11.1 Å². The molecule has 5 atom stereocenters. The summed E-state index contributed by atoms with van der Waals surface area (Å²) in [5.41, 5.74) is 11.8. The van der Waals surface area contributed by atoms with Gasteiger partial charge in [0, 0.05) is 6.54 Å². The lowest BCUT2D eigenvalue weighted by molar-refractivity contribution is -0.192. The standard InChI is InChI=1S/C29H30BrN3O4.C2HF3O2/c1-27-20(17-11-5-3-6-12-17)21(18-13-7-4-8-14-18)28(2,25(27)36)29(30)22(27)24(35)33(26(29)37)16-10-9-15-19(31)23(32)34;3-2(4,5)1(6)7/h3-8,11-14,19,22H,9-10,15-16,31H2,1-2H3,(H2,32,34);(H,6,7). The first-order valence-electron chi connectivity index (χ1n) is 13.8. The van der Waals surface area contributed by atoms with Crippen LogP contribution in [0.4, 0.5) is 13.2 Å². The highest BCUT2D eigenvalue weighted by Gasteiger charge is 2.85. The highest BCUT2D eigenvalue weighted by Crippen LogP contribution is 2.77. The second-order valence-electron chi connectivity index (χ2n) is 11.4. The van der Waals surface area contributed by atoms with Crippen LogP contribution in [0.3, 0.4) is 0 Å². The van der Waals surface area contributed by atoms with E-state index in [0.29, 0.717) is 19.3 Å². The molecule has 0 spiro atoms. The summed E-state index contributed by atoms with van der Waals surface area (Å²) in [5.74, 6) is -5.06. The van der Waals surface area contributed by atoms with E-state index in [9.17, 15) is 32.3 Å². The van der Waals surface area contributed by atoms with E-state index in [1.54, 1.807) is 6.92 Å². The molecule has 1 saturated carbocycles. The van der Waals surface area contributed by atoms with Gasteiger partial charge in [-0.3, -0.25) is 24.1 Å². The average Bonchev–Trinajstić information content (AvgIpc) is 3.35. The Morgan fingerprint density at radius 3 is 1.89 bits per heavy atom. The number of carboxylic acid groups (broad SMARTS) is 1. The first kappa shape index (κ1) is 33.1. The quantitative estimate of drug-likeness (QED) is 0.217. The number of rotatable bonds is 8. The van der Waals surface area contributed by atoms with Gasteiger partial charge in [0.1, 0.15) is 4.32 Å². The fraction of sp³-hybridized carbons (Fsp3) is 0.387. The number of halogens is 4. The monoisotopic (exact) mass is 677 g/mol. The van der Waals surface area contributed by atoms with Crippen LogP contribution in [0.5, 0.6) is 0 Å². The molecule has 1 heterocycles. The van der Waals surface area contributed by atoms with Crippen molar-refractivity contribution in [2.24, 2.45) is 28.2 Å². The van der Waals surface area contributed by atoms with Gasteiger partial charge in [0.25, 0.3) is 0 Å². The maximum atomic E-state index is 14.3. The molecular formula is C31H31BrF3N3O6. The van der Waals surface area contributed by atoms with Crippen molar-refractivity contribution in [3.8, 4) is 0 Å². The van der Waals surface area contributed by atoms with Gasteiger partial charge in [-0.25, -0.2) is 4.79 Å². The van der Waals surface area contributed by atoms with Gasteiger partial charge in [-0.1, -0.05) is 76.6 Å². The fourth-order valence-electron chi connectivity index (χ4n) is 6.85. The predicted molar refractivity (Wildman–Crippen MR) is 157 cm³/mol. The number of aliphatic carboxylic acids is 1. The summed E-state index contributed by atoms with van der Waals surface area (Å²) in [7, 11) is 0. The van der Waals surface area contributed by atoms with E-state index < -0.39 is 45.2 Å². The Kier molecular flexibility index (Phi) is 8.70. The Hall–Kier alpha value is -3.84. The molecule has 0 aromatic heterocycles. The van der Waals surface area contributed by atoms with E-state index in [-0.39, 0.29) is 24.1 Å². The zero-order chi connectivity index (χ0) is 32.8. The van der Waals surface area contributed by atoms with Crippen molar-refractivity contribution < 1.29 is 42.3 Å². The normalized spacial score (nSPS) is 28.1. The van der Waals surface area contributed by atoms with Crippen LogP contribution in [0.1, 0.15) is 44.2 Å². The topological polar surface area (TPSA) is 161 Å². The molecule has 44 heavy (non-hydrogen) atoms. The maximum Gasteiger partial charge on any atom is 0.490 e. The van der Waals surface area contributed by atoms with Crippen LogP contribution in [0.15, 0.2) is 60.7 Å². The number of ketones is 1. The number of likely N-dealkylation sites (tertiary alicyclic amines) is 1. The van der Waals surface area contributed by atoms with E-state index >= 15 is 0 Å². The van der Waals surface area contributed by atoms with Gasteiger partial charge in [0.2, 0.25) is 17.7 Å². The van der Waals surface area contributed by atoms with Gasteiger partial charge >= 0.3 is 12.1 Å². The molecule has 2 fully saturated rings. The highest BCUT2D eigenvalue weighted by molar-refractivity contribution is 9.10. The molecule has 5 rings (SSSR count). The van der Waals surface area contributed by atoms with E-state index in [4.69, 9.17) is 21.4 Å². The molecule has 2 aromatic rings. The molecule has 2 bridgehead atoms. The van der Waals surface area contributed by atoms with Gasteiger partial charge in [0.05, 0.1) is 22.8 Å². The predicted octanol–water partition coefficient (Wildman–Crippen LogP) is 3.94. The maximum absolute atomic E-state index is 14.3. The molecule has 0 radical (unpaired) electrons. The first-order valence-corrected chi connectivity index (χ1v) is 14.6. The summed E-state index contributed by atoms with van der Waals surface area (Å²) >= 11 is 3.75. The first-order chi connectivity index (χ1) is 20.5. The van der Waals surface area contributed by atoms with Crippen molar-refractivity contribution in [2.75, 3.05) is 6.54 Å². The van der Waals surface area contributed by atoms with E-state index in [1.165, 1.54) is 4.90 Å². The van der Waals surface area contributed by atoms with Gasteiger partial charge in [0.15, 0.2) is 5.78 Å². The van der Waals surface area contributed by atoms with Crippen molar-refractivity contribution in [2.45, 2.75) is 49.7 Å². The van der Waals surface area contributed by atoms with Crippen LogP contribution in [-0.4, -0.2) is 62.6 Å². The number of benzene rings is 2. The molecule has 1 saturated heterocycles. The van der Waals surface area contributed by atoms with Crippen LogP contribution >= 0.6 is 15.9 Å². The van der Waals surface area contributed by atoms with Crippen LogP contribution in [0.2, 0.25) is 0 Å². The van der Waals surface area contributed by atoms with E-state index in [1.807, 2.05) is 67.6 Å². The minimum atomic E-state index is -5.08. The molecule has 9 nitrogen and oxygen atoms in total. The summed E-state index contributed by atoms with van der Waals surface area (Å²) in [4.78, 5) is 63.8. The van der Waals surface area contributed by atoms with Crippen molar-refractivity contribution in [1.82, 2.24) is 4.90 Å². The lowest BCUT2D eigenvalue weighted by Gasteiger charge is -2.41. The number of nitrogens with zero attached hydrogens (tertiary/aromatic N) is 1. The largest absolute Gasteiger partial charge is 0.490 e. The summed E-state index contributed by atoms with van der Waals surface area (Å²) in [6.45, 7) is 3.82. The molecule has 2 aliphatic carbocycles. The number of amides is 3. The Morgan fingerprint density at radius 2 is 1.43 bits per heavy atom. The molecule has 3 aliphatic rings. The lowest BCUT2D eigenvalue weighted by Crippen LogP contribution is -2.50. The fourth-order valence-corrected chi connectivity index (χ4v) is 8.09. The third-order valence-electron chi connectivity index (χ3n) is 8.85. The molecule has 2 aromatic carbocycles. The minimum Gasteiger partial charge on any atom is -0.475 e. The van der Waals surface area contributed by atoms with Crippen LogP contribution < -0.4 is 11.5 Å². The molecule has 3 amide bonds. The number of primary amides is 1. The number of hydrogen-bond acceptors (Lipinski definition) is 6. The Bertz CT molecular complexity index is 1550. The Labute approximate surface area is 259 Å². The van der Waals surface area contributed by atoms with Crippen molar-refractivity contribution in [3.63, 3.8) is 0 Å². The van der Waals surface area contributed by atoms with Crippen molar-refractivity contribution in [1.29, 1.82) is 0 Å². The lowest BCUT2D eigenvalue weighted by atomic mass is 9.63. The number of allylic oxidation sites excluding steroid dienone is 2. The molecule has 5 unspecified atom stereocenters. The van der Waals surface area contributed by atoms with Gasteiger partial charge in [-0.15, -0.1) is 0 Å². The van der Waals surface area contributed by atoms with Gasteiger partial charge < -0.3 is 16.6 Å². The number of carbonyl (C=O) groups is 5. The van der Waals surface area contributed by atoms with Gasteiger partial charge in [-0.2, -0.15) is 13.2 Å². The van der Waals surface area contributed by atoms with E-state index in [0.717, 1.165) is 22.3 Å². The Morgan fingerprint density at radius 1 is 0.955 bits per heavy atom. The summed E-state index contributed by atoms with van der Waals surface area (Å²) < 4.78 is 30.3. The Balaban J connectivity index is 0.000000566. The summed E-state index contributed by atoms with van der Waals surface area (Å²) in [6, 6.07) is 18.5. The number of alkyl halides is 4. The number of carbonyl (C=O) groups excluding carboxylic acids is 4. The molecule has 5 N–H and O–H groups in total. The number of carboxylic acids is 1. The average molecular weight is 679 g/mol. The molecule has 13 heteroatoms. The second kappa shape index (κ2) is 11.6. The van der Waals surface area contributed by atoms with Gasteiger partial charge in [-0.05, 0) is 55.4 Å². The molecular weight excluding hydrogens is 647 g/mol. The minimum absolute atomic E-state index is 0.117. The summed E-state index contributed by atoms with van der Waals surface area (Å²) in [5, 5.41) is 7.12. The SMILES string of the molecule is CC12C(=O)C(C)(C(c3ccccc3)=C1c1ccccc1)C1(Br)C(=O)N(CCCCC(N)C(N)=O)C(=O)C21.O=C(O)C(F)(F)F. The number of unbranched alkanes of at least 4 members (excludes halogenated alkanes) is 1. The third kappa shape index (κ3) is 4.86. The number of hydrogen-bond donors (Lipinski definition) is 3. The third-order valence-corrected chi connectivity index (χ3v) is 10.4. The molecule has 234 valence electrons. The van der Waals surface area contributed by atoms with Crippen LogP contribution in [0, 0.1) is 16.7 Å².